The fourth-order valence-corrected chi connectivity index (χ4v) is 3.46. The fraction of sp³-hybridized carbons (Fsp3) is 0.769. The summed E-state index contributed by atoms with van der Waals surface area (Å²) in [6.45, 7) is 1.08. The molecule has 17 heavy (non-hydrogen) atoms. The van der Waals surface area contributed by atoms with E-state index in [9.17, 15) is 0 Å². The topological polar surface area (TPSA) is 33.1 Å². The molecule has 1 aromatic rings. The van der Waals surface area contributed by atoms with Crippen LogP contribution in [0, 0.1) is 5.92 Å². The van der Waals surface area contributed by atoms with Crippen LogP contribution in [0.15, 0.2) is 12.4 Å². The molecule has 0 spiro atoms. The van der Waals surface area contributed by atoms with Crippen molar-refractivity contribution in [2.24, 2.45) is 13.0 Å². The summed E-state index contributed by atoms with van der Waals surface area (Å²) in [6.07, 6.45) is 9.34. The van der Waals surface area contributed by atoms with Crippen LogP contribution in [0.4, 0.5) is 5.95 Å². The molecule has 3 rings (SSSR count). The minimum absolute atomic E-state index is 0.820. The largest absolute Gasteiger partial charge is 0.355 e. The Morgan fingerprint density at radius 2 is 2.00 bits per heavy atom. The smallest absolute Gasteiger partial charge is 0.202 e. The zero-order valence-corrected chi connectivity index (χ0v) is 10.8. The predicted molar refractivity (Wildman–Crippen MR) is 69.0 cm³/mol. The lowest BCUT2D eigenvalue weighted by Gasteiger charge is -2.36. The average molecular weight is 234 g/mol. The van der Waals surface area contributed by atoms with Crippen molar-refractivity contribution in [3.05, 3.63) is 12.4 Å². The van der Waals surface area contributed by atoms with Gasteiger partial charge < -0.3 is 14.8 Å². The summed E-state index contributed by atoms with van der Waals surface area (Å²) < 4.78 is 2.05. The second-order valence-electron chi connectivity index (χ2n) is 5.63. The highest BCUT2D eigenvalue weighted by molar-refractivity contribution is 5.25. The highest BCUT2D eigenvalue weighted by Crippen LogP contribution is 2.37. The molecule has 1 N–H and O–H groups in total. The molecule has 2 aliphatic rings. The number of hydrogen-bond donors (Lipinski definition) is 1. The zero-order chi connectivity index (χ0) is 11.8. The van der Waals surface area contributed by atoms with Crippen molar-refractivity contribution < 1.29 is 0 Å². The Bertz CT molecular complexity index is 373. The molecule has 94 valence electrons. The van der Waals surface area contributed by atoms with Crippen LogP contribution in [0.25, 0.3) is 0 Å². The summed E-state index contributed by atoms with van der Waals surface area (Å²) in [5.74, 6) is 1.82. The van der Waals surface area contributed by atoms with Crippen LogP contribution in [-0.4, -0.2) is 40.1 Å². The normalized spacial score (nSPS) is 32.9. The first-order chi connectivity index (χ1) is 8.24. The van der Waals surface area contributed by atoms with Crippen molar-refractivity contribution in [3.63, 3.8) is 0 Å². The molecule has 0 radical (unpaired) electrons. The van der Waals surface area contributed by atoms with E-state index in [4.69, 9.17) is 0 Å². The molecular formula is C13H22N4. The molecule has 0 aromatic carbocycles. The van der Waals surface area contributed by atoms with Gasteiger partial charge in [-0.05, 0) is 38.6 Å². The van der Waals surface area contributed by atoms with E-state index >= 15 is 0 Å². The van der Waals surface area contributed by atoms with E-state index in [-0.39, 0.29) is 0 Å². The lowest BCUT2D eigenvalue weighted by atomic mass is 9.91. The third-order valence-corrected chi connectivity index (χ3v) is 4.57. The van der Waals surface area contributed by atoms with E-state index in [1.54, 1.807) is 0 Å². The summed E-state index contributed by atoms with van der Waals surface area (Å²) in [7, 11) is 4.33. The predicted octanol–water partition coefficient (Wildman–Crippen LogP) is 1.70. The molecule has 4 heteroatoms. The second-order valence-corrected chi connectivity index (χ2v) is 5.63. The number of nitrogens with zero attached hydrogens (tertiary/aromatic N) is 3. The maximum atomic E-state index is 4.31. The van der Waals surface area contributed by atoms with Crippen LogP contribution < -0.4 is 5.32 Å². The van der Waals surface area contributed by atoms with E-state index in [0.717, 1.165) is 30.5 Å². The monoisotopic (exact) mass is 234 g/mol. The molecule has 1 aromatic heterocycles. The highest BCUT2D eigenvalue weighted by atomic mass is 15.2. The first-order valence-corrected chi connectivity index (χ1v) is 6.67. The summed E-state index contributed by atoms with van der Waals surface area (Å²) in [6, 6.07) is 1.67. The van der Waals surface area contributed by atoms with Gasteiger partial charge in [-0.1, -0.05) is 0 Å². The first kappa shape index (κ1) is 11.1. The van der Waals surface area contributed by atoms with Crippen LogP contribution in [0.5, 0.6) is 0 Å². The molecule has 0 aliphatic carbocycles. The molecule has 3 heterocycles. The van der Waals surface area contributed by atoms with Gasteiger partial charge in [0, 0.05) is 38.1 Å². The average Bonchev–Trinajstić information content (AvgIpc) is 2.78. The van der Waals surface area contributed by atoms with Gasteiger partial charge in [-0.3, -0.25) is 0 Å². The lowest BCUT2D eigenvalue weighted by molar-refractivity contribution is 0.139. The van der Waals surface area contributed by atoms with Crippen molar-refractivity contribution in [1.29, 1.82) is 0 Å². The van der Waals surface area contributed by atoms with Crippen molar-refractivity contribution in [2.75, 3.05) is 18.9 Å². The van der Waals surface area contributed by atoms with Crippen molar-refractivity contribution in [1.82, 2.24) is 14.5 Å². The standard InChI is InChI=1S/C13H22N4/c1-16-6-5-14-13(16)15-9-10-7-11-3-4-12(8-10)17(11)2/h5-6,10-12H,3-4,7-9H2,1-2H3,(H,14,15). The third kappa shape index (κ3) is 2.06. The molecule has 0 amide bonds. The molecule has 2 fully saturated rings. The second kappa shape index (κ2) is 4.33. The van der Waals surface area contributed by atoms with E-state index < -0.39 is 0 Å². The molecule has 4 nitrogen and oxygen atoms in total. The highest BCUT2D eigenvalue weighted by Gasteiger charge is 2.38. The van der Waals surface area contributed by atoms with Gasteiger partial charge in [0.2, 0.25) is 5.95 Å². The van der Waals surface area contributed by atoms with E-state index in [2.05, 4.69) is 22.2 Å². The number of nitrogens with one attached hydrogen (secondary N) is 1. The number of anilines is 1. The number of aryl methyl sites for hydroxylation is 1. The van der Waals surface area contributed by atoms with Gasteiger partial charge in [-0.25, -0.2) is 4.98 Å². The lowest BCUT2D eigenvalue weighted by Crippen LogP contribution is -2.41. The number of hydrogen-bond acceptors (Lipinski definition) is 3. The Labute approximate surface area is 103 Å². The van der Waals surface area contributed by atoms with Gasteiger partial charge in [-0.2, -0.15) is 0 Å². The van der Waals surface area contributed by atoms with Crippen molar-refractivity contribution in [3.8, 4) is 0 Å². The van der Waals surface area contributed by atoms with E-state index in [0.29, 0.717) is 0 Å². The summed E-state index contributed by atoms with van der Waals surface area (Å²) in [5.41, 5.74) is 0. The van der Waals surface area contributed by atoms with Crippen molar-refractivity contribution >= 4 is 5.95 Å². The van der Waals surface area contributed by atoms with Crippen LogP contribution in [0.3, 0.4) is 0 Å². The maximum absolute atomic E-state index is 4.31. The number of imidazole rings is 1. The summed E-state index contributed by atoms with van der Waals surface area (Å²) >= 11 is 0. The number of aromatic nitrogens is 2. The first-order valence-electron chi connectivity index (χ1n) is 6.67. The molecular weight excluding hydrogens is 212 g/mol. The fourth-order valence-electron chi connectivity index (χ4n) is 3.46. The van der Waals surface area contributed by atoms with Crippen LogP contribution in [-0.2, 0) is 7.05 Å². The third-order valence-electron chi connectivity index (χ3n) is 4.57. The quantitative estimate of drug-likeness (QED) is 0.864. The molecule has 0 saturated carbocycles. The van der Waals surface area contributed by atoms with Crippen LogP contribution in [0.2, 0.25) is 0 Å². The molecule has 2 saturated heterocycles. The number of fused-ring (bicyclic) bond motifs is 2. The Morgan fingerprint density at radius 1 is 1.29 bits per heavy atom. The van der Waals surface area contributed by atoms with Crippen molar-refractivity contribution in [2.45, 2.75) is 37.8 Å². The Balaban J connectivity index is 1.56. The van der Waals surface area contributed by atoms with Crippen LogP contribution >= 0.6 is 0 Å². The number of rotatable bonds is 3. The minimum Gasteiger partial charge on any atom is -0.355 e. The van der Waals surface area contributed by atoms with Crippen LogP contribution in [0.1, 0.15) is 25.7 Å². The van der Waals surface area contributed by atoms with Gasteiger partial charge in [0.15, 0.2) is 0 Å². The van der Waals surface area contributed by atoms with Gasteiger partial charge in [0.05, 0.1) is 0 Å². The van der Waals surface area contributed by atoms with E-state index in [1.165, 1.54) is 25.7 Å². The number of piperidine rings is 1. The maximum Gasteiger partial charge on any atom is 0.202 e. The molecule has 2 bridgehead atoms. The Hall–Kier alpha value is -1.03. The van der Waals surface area contributed by atoms with Gasteiger partial charge in [0.25, 0.3) is 0 Å². The Kier molecular flexibility index (Phi) is 2.82. The zero-order valence-electron chi connectivity index (χ0n) is 10.8. The minimum atomic E-state index is 0.820. The molecule has 2 unspecified atom stereocenters. The van der Waals surface area contributed by atoms with E-state index in [1.807, 2.05) is 24.0 Å². The summed E-state index contributed by atoms with van der Waals surface area (Å²) in [4.78, 5) is 6.90. The van der Waals surface area contributed by atoms with Gasteiger partial charge in [0.1, 0.15) is 0 Å². The molecule has 2 aliphatic heterocycles. The SMILES string of the molecule is CN1C2CCC1CC(CNc1nccn1C)C2. The van der Waals surface area contributed by atoms with Gasteiger partial charge in [-0.15, -0.1) is 0 Å². The summed E-state index contributed by atoms with van der Waals surface area (Å²) in [5, 5.41) is 3.48. The van der Waals surface area contributed by atoms with Gasteiger partial charge >= 0.3 is 0 Å². The Morgan fingerprint density at radius 3 is 2.59 bits per heavy atom. The molecule has 2 atom stereocenters.